The van der Waals surface area contributed by atoms with E-state index in [0.717, 1.165) is 25.1 Å². The Labute approximate surface area is 137 Å². The molecule has 23 heavy (non-hydrogen) atoms. The summed E-state index contributed by atoms with van der Waals surface area (Å²) in [6.45, 7) is 5.12. The van der Waals surface area contributed by atoms with Gasteiger partial charge in [-0.05, 0) is 30.5 Å². The lowest BCUT2D eigenvalue weighted by Gasteiger charge is -2.08. The molecule has 5 heteroatoms. The highest BCUT2D eigenvalue weighted by Crippen LogP contribution is 2.12. The summed E-state index contributed by atoms with van der Waals surface area (Å²) < 4.78 is 0. The van der Waals surface area contributed by atoms with E-state index in [4.69, 9.17) is 0 Å². The summed E-state index contributed by atoms with van der Waals surface area (Å²) in [6, 6.07) is 9.51. The molecule has 0 fully saturated rings. The Hall–Kier alpha value is -2.43. The van der Waals surface area contributed by atoms with E-state index in [0.29, 0.717) is 11.5 Å². The highest BCUT2D eigenvalue weighted by molar-refractivity contribution is 6.03. The number of carbonyl (C=O) groups excluding carboxylic acids is 1. The molecule has 2 rings (SSSR count). The van der Waals surface area contributed by atoms with Crippen LogP contribution in [-0.2, 0) is 6.42 Å². The summed E-state index contributed by atoms with van der Waals surface area (Å²) in [7, 11) is 0. The molecule has 1 amide bonds. The molecule has 0 bridgehead atoms. The molecular formula is C18H24N4O. The van der Waals surface area contributed by atoms with Crippen LogP contribution in [0.15, 0.2) is 36.7 Å². The van der Waals surface area contributed by atoms with Crippen molar-refractivity contribution in [3.8, 4) is 0 Å². The number of carbonyl (C=O) groups is 1. The van der Waals surface area contributed by atoms with Crippen LogP contribution >= 0.6 is 0 Å². The first-order valence-electron chi connectivity index (χ1n) is 8.19. The smallest absolute Gasteiger partial charge is 0.274 e. The van der Waals surface area contributed by atoms with Gasteiger partial charge in [0.25, 0.3) is 5.91 Å². The van der Waals surface area contributed by atoms with Crippen LogP contribution < -0.4 is 10.6 Å². The summed E-state index contributed by atoms with van der Waals surface area (Å²) in [6.07, 6.45) is 5.84. The molecule has 1 heterocycles. The first kappa shape index (κ1) is 16.9. The van der Waals surface area contributed by atoms with Gasteiger partial charge in [0.2, 0.25) is 0 Å². The number of nitrogens with one attached hydrogen (secondary N) is 2. The van der Waals surface area contributed by atoms with Gasteiger partial charge in [0, 0.05) is 18.3 Å². The SMILES string of the molecule is CCCCCNc1cc(C(=O)Nc2ccc(CC)cc2)ncn1. The van der Waals surface area contributed by atoms with Crippen LogP contribution in [0.4, 0.5) is 11.5 Å². The second-order valence-corrected chi connectivity index (χ2v) is 5.43. The van der Waals surface area contributed by atoms with Crippen molar-refractivity contribution in [3.05, 3.63) is 47.9 Å². The largest absolute Gasteiger partial charge is 0.370 e. The van der Waals surface area contributed by atoms with Gasteiger partial charge in [-0.15, -0.1) is 0 Å². The number of rotatable bonds is 8. The first-order chi connectivity index (χ1) is 11.2. The molecule has 0 spiro atoms. The molecule has 1 aromatic carbocycles. The van der Waals surface area contributed by atoms with Gasteiger partial charge in [0.05, 0.1) is 0 Å². The lowest BCUT2D eigenvalue weighted by Crippen LogP contribution is -2.15. The van der Waals surface area contributed by atoms with Crippen molar-refractivity contribution in [1.82, 2.24) is 9.97 Å². The van der Waals surface area contributed by atoms with E-state index in [9.17, 15) is 4.79 Å². The third-order valence-corrected chi connectivity index (χ3v) is 3.61. The summed E-state index contributed by atoms with van der Waals surface area (Å²) in [5.41, 5.74) is 2.37. The minimum atomic E-state index is -0.228. The summed E-state index contributed by atoms with van der Waals surface area (Å²) in [5, 5.41) is 6.08. The van der Waals surface area contributed by atoms with E-state index >= 15 is 0 Å². The number of anilines is 2. The van der Waals surface area contributed by atoms with E-state index in [1.807, 2.05) is 24.3 Å². The van der Waals surface area contributed by atoms with Gasteiger partial charge in [0.1, 0.15) is 17.8 Å². The van der Waals surface area contributed by atoms with Gasteiger partial charge < -0.3 is 10.6 Å². The van der Waals surface area contributed by atoms with Gasteiger partial charge in [-0.1, -0.05) is 38.8 Å². The zero-order chi connectivity index (χ0) is 16.5. The predicted molar refractivity (Wildman–Crippen MR) is 93.8 cm³/mol. The Bertz CT molecular complexity index is 625. The minimum Gasteiger partial charge on any atom is -0.370 e. The zero-order valence-electron chi connectivity index (χ0n) is 13.8. The predicted octanol–water partition coefficient (Wildman–Crippen LogP) is 3.89. The molecule has 0 radical (unpaired) electrons. The molecular weight excluding hydrogens is 288 g/mol. The molecule has 2 N–H and O–H groups in total. The summed E-state index contributed by atoms with van der Waals surface area (Å²) >= 11 is 0. The highest BCUT2D eigenvalue weighted by atomic mass is 16.1. The topological polar surface area (TPSA) is 66.9 Å². The Morgan fingerprint density at radius 3 is 2.57 bits per heavy atom. The fraction of sp³-hybridized carbons (Fsp3) is 0.389. The maximum absolute atomic E-state index is 12.3. The van der Waals surface area contributed by atoms with Gasteiger partial charge in [0.15, 0.2) is 0 Å². The Balaban J connectivity index is 1.95. The maximum Gasteiger partial charge on any atom is 0.274 e. The second-order valence-electron chi connectivity index (χ2n) is 5.43. The fourth-order valence-corrected chi connectivity index (χ4v) is 2.19. The van der Waals surface area contributed by atoms with Crippen LogP contribution in [0, 0.1) is 0 Å². The molecule has 0 aliphatic carbocycles. The van der Waals surface area contributed by atoms with E-state index in [2.05, 4.69) is 34.4 Å². The van der Waals surface area contributed by atoms with E-state index in [1.165, 1.54) is 24.7 Å². The lowest BCUT2D eigenvalue weighted by molar-refractivity contribution is 0.102. The van der Waals surface area contributed by atoms with Crippen molar-refractivity contribution < 1.29 is 4.79 Å². The number of unbranched alkanes of at least 4 members (excludes halogenated alkanes) is 2. The van der Waals surface area contributed by atoms with Crippen LogP contribution in [0.5, 0.6) is 0 Å². The van der Waals surface area contributed by atoms with Crippen molar-refractivity contribution in [1.29, 1.82) is 0 Å². The molecule has 2 aromatic rings. The highest BCUT2D eigenvalue weighted by Gasteiger charge is 2.09. The monoisotopic (exact) mass is 312 g/mol. The Morgan fingerprint density at radius 2 is 1.87 bits per heavy atom. The summed E-state index contributed by atoms with van der Waals surface area (Å²) in [5.74, 6) is 0.454. The molecule has 0 saturated heterocycles. The number of hydrogen-bond acceptors (Lipinski definition) is 4. The molecule has 0 aliphatic rings. The van der Waals surface area contributed by atoms with Gasteiger partial charge in [-0.25, -0.2) is 9.97 Å². The number of hydrogen-bond donors (Lipinski definition) is 2. The normalized spacial score (nSPS) is 10.3. The lowest BCUT2D eigenvalue weighted by atomic mass is 10.1. The van der Waals surface area contributed by atoms with Gasteiger partial charge in [-0.2, -0.15) is 0 Å². The van der Waals surface area contributed by atoms with Crippen LogP contribution in [0.3, 0.4) is 0 Å². The van der Waals surface area contributed by atoms with Crippen molar-refractivity contribution in [2.45, 2.75) is 39.5 Å². The van der Waals surface area contributed by atoms with Crippen molar-refractivity contribution in [3.63, 3.8) is 0 Å². The van der Waals surface area contributed by atoms with E-state index in [1.54, 1.807) is 6.07 Å². The second kappa shape index (κ2) is 8.88. The maximum atomic E-state index is 12.3. The Morgan fingerprint density at radius 1 is 1.09 bits per heavy atom. The third kappa shape index (κ3) is 5.36. The first-order valence-corrected chi connectivity index (χ1v) is 8.19. The fourth-order valence-electron chi connectivity index (χ4n) is 2.19. The Kier molecular flexibility index (Phi) is 6.54. The van der Waals surface area contributed by atoms with Crippen molar-refractivity contribution in [2.24, 2.45) is 0 Å². The quantitative estimate of drug-likeness (QED) is 0.726. The number of aryl methyl sites for hydroxylation is 1. The van der Waals surface area contributed by atoms with Crippen LogP contribution in [-0.4, -0.2) is 22.4 Å². The zero-order valence-corrected chi connectivity index (χ0v) is 13.8. The number of benzene rings is 1. The van der Waals surface area contributed by atoms with Crippen molar-refractivity contribution in [2.75, 3.05) is 17.2 Å². The average Bonchev–Trinajstić information content (AvgIpc) is 2.60. The van der Waals surface area contributed by atoms with Crippen LogP contribution in [0.2, 0.25) is 0 Å². The number of amides is 1. The van der Waals surface area contributed by atoms with E-state index < -0.39 is 0 Å². The average molecular weight is 312 g/mol. The number of nitrogens with zero attached hydrogens (tertiary/aromatic N) is 2. The van der Waals surface area contributed by atoms with Crippen molar-refractivity contribution >= 4 is 17.4 Å². The standard InChI is InChI=1S/C18H24N4O/c1-3-5-6-11-19-17-12-16(20-13-21-17)18(23)22-15-9-7-14(4-2)8-10-15/h7-10,12-13H,3-6,11H2,1-2H3,(H,22,23)(H,19,20,21). The number of aromatic nitrogens is 2. The molecule has 0 atom stereocenters. The molecule has 122 valence electrons. The molecule has 0 saturated carbocycles. The molecule has 0 unspecified atom stereocenters. The minimum absolute atomic E-state index is 0.228. The van der Waals surface area contributed by atoms with Crippen LogP contribution in [0.25, 0.3) is 0 Å². The summed E-state index contributed by atoms with van der Waals surface area (Å²) in [4.78, 5) is 20.5. The van der Waals surface area contributed by atoms with Gasteiger partial charge in [-0.3, -0.25) is 4.79 Å². The third-order valence-electron chi connectivity index (χ3n) is 3.61. The van der Waals surface area contributed by atoms with Gasteiger partial charge >= 0.3 is 0 Å². The molecule has 1 aromatic heterocycles. The van der Waals surface area contributed by atoms with E-state index in [-0.39, 0.29) is 5.91 Å². The molecule has 0 aliphatic heterocycles. The van der Waals surface area contributed by atoms with Crippen LogP contribution in [0.1, 0.15) is 49.2 Å². The molecule has 5 nitrogen and oxygen atoms in total.